The van der Waals surface area contributed by atoms with Crippen LogP contribution in [-0.4, -0.2) is 35.7 Å². The van der Waals surface area contributed by atoms with Crippen molar-refractivity contribution in [1.29, 1.82) is 0 Å². The summed E-state index contributed by atoms with van der Waals surface area (Å²) in [6, 6.07) is 0.426. The minimum absolute atomic E-state index is 0.317. The van der Waals surface area contributed by atoms with Gasteiger partial charge in [-0.05, 0) is 25.8 Å². The Kier molecular flexibility index (Phi) is 3.60. The lowest BCUT2D eigenvalue weighted by Gasteiger charge is -2.21. The second kappa shape index (κ2) is 4.52. The summed E-state index contributed by atoms with van der Waals surface area (Å²) in [5, 5.41) is 8.97. The monoisotopic (exact) mass is 155 g/mol. The zero-order valence-corrected chi connectivity index (χ0v) is 7.00. The molecule has 11 heavy (non-hydrogen) atoms. The van der Waals surface area contributed by atoms with Crippen molar-refractivity contribution in [2.75, 3.05) is 19.7 Å². The van der Waals surface area contributed by atoms with E-state index < -0.39 is 0 Å². The molecule has 2 nitrogen and oxygen atoms in total. The minimum Gasteiger partial charge on any atom is -0.395 e. The molecule has 1 saturated heterocycles. The standard InChI is InChI=1S/C9H17NO/c1-2-3-6-10-7-4-5-9(10)8-11/h2,9,11H,1,3-8H2/t9-/m0/s1. The quantitative estimate of drug-likeness (QED) is 0.613. The highest BCUT2D eigenvalue weighted by molar-refractivity contribution is 4.80. The summed E-state index contributed by atoms with van der Waals surface area (Å²) in [4.78, 5) is 2.35. The van der Waals surface area contributed by atoms with Crippen molar-refractivity contribution in [3.05, 3.63) is 12.7 Å². The fraction of sp³-hybridized carbons (Fsp3) is 0.778. The lowest BCUT2D eigenvalue weighted by atomic mass is 10.2. The van der Waals surface area contributed by atoms with Crippen LogP contribution in [0.2, 0.25) is 0 Å². The van der Waals surface area contributed by atoms with Gasteiger partial charge in [-0.15, -0.1) is 6.58 Å². The molecule has 0 aliphatic carbocycles. The van der Waals surface area contributed by atoms with Crippen molar-refractivity contribution in [2.24, 2.45) is 0 Å². The normalized spacial score (nSPS) is 25.7. The molecule has 64 valence electrons. The van der Waals surface area contributed by atoms with Crippen LogP contribution >= 0.6 is 0 Å². The van der Waals surface area contributed by atoms with Gasteiger partial charge in [-0.2, -0.15) is 0 Å². The van der Waals surface area contributed by atoms with Crippen molar-refractivity contribution in [3.63, 3.8) is 0 Å². The van der Waals surface area contributed by atoms with Crippen LogP contribution in [0, 0.1) is 0 Å². The van der Waals surface area contributed by atoms with Crippen LogP contribution in [0.3, 0.4) is 0 Å². The van der Waals surface area contributed by atoms with Gasteiger partial charge in [-0.1, -0.05) is 6.08 Å². The Morgan fingerprint density at radius 2 is 2.45 bits per heavy atom. The molecular weight excluding hydrogens is 138 g/mol. The molecule has 1 heterocycles. The van der Waals surface area contributed by atoms with Crippen LogP contribution < -0.4 is 0 Å². The number of aliphatic hydroxyl groups excluding tert-OH is 1. The van der Waals surface area contributed by atoms with Gasteiger partial charge in [0.2, 0.25) is 0 Å². The number of hydrogen-bond donors (Lipinski definition) is 1. The predicted molar refractivity (Wildman–Crippen MR) is 46.5 cm³/mol. The number of nitrogens with zero attached hydrogens (tertiary/aromatic N) is 1. The Morgan fingerprint density at radius 3 is 3.09 bits per heavy atom. The SMILES string of the molecule is C=CCCN1CCC[C@H]1CO. The summed E-state index contributed by atoms with van der Waals surface area (Å²) in [7, 11) is 0. The van der Waals surface area contributed by atoms with Gasteiger partial charge in [0.15, 0.2) is 0 Å². The third kappa shape index (κ3) is 2.31. The van der Waals surface area contributed by atoms with E-state index in [4.69, 9.17) is 5.11 Å². The van der Waals surface area contributed by atoms with Crippen molar-refractivity contribution in [2.45, 2.75) is 25.3 Å². The molecule has 1 aliphatic rings. The predicted octanol–water partition coefficient (Wildman–Crippen LogP) is 1.02. The van der Waals surface area contributed by atoms with E-state index in [1.807, 2.05) is 6.08 Å². The Hall–Kier alpha value is -0.340. The third-order valence-electron chi connectivity index (χ3n) is 2.33. The highest BCUT2D eigenvalue weighted by atomic mass is 16.3. The van der Waals surface area contributed by atoms with Gasteiger partial charge in [-0.25, -0.2) is 0 Å². The Labute approximate surface area is 68.5 Å². The molecule has 2 heteroatoms. The smallest absolute Gasteiger partial charge is 0.0586 e. The van der Waals surface area contributed by atoms with Crippen molar-refractivity contribution in [1.82, 2.24) is 4.90 Å². The maximum atomic E-state index is 8.97. The van der Waals surface area contributed by atoms with Gasteiger partial charge in [0.05, 0.1) is 6.61 Å². The third-order valence-corrected chi connectivity index (χ3v) is 2.33. The molecule has 0 aromatic rings. The van der Waals surface area contributed by atoms with Crippen LogP contribution in [0.1, 0.15) is 19.3 Å². The average molecular weight is 155 g/mol. The van der Waals surface area contributed by atoms with E-state index in [0.717, 1.165) is 25.9 Å². The molecule has 1 N–H and O–H groups in total. The molecule has 0 amide bonds. The van der Waals surface area contributed by atoms with Gasteiger partial charge in [0.1, 0.15) is 0 Å². The minimum atomic E-state index is 0.317. The fourth-order valence-corrected chi connectivity index (χ4v) is 1.65. The van der Waals surface area contributed by atoms with Gasteiger partial charge in [0.25, 0.3) is 0 Å². The summed E-state index contributed by atoms with van der Waals surface area (Å²) >= 11 is 0. The first-order valence-corrected chi connectivity index (χ1v) is 4.34. The van der Waals surface area contributed by atoms with E-state index in [0.29, 0.717) is 12.6 Å². The first-order chi connectivity index (χ1) is 5.38. The highest BCUT2D eigenvalue weighted by Gasteiger charge is 2.22. The van der Waals surface area contributed by atoms with Gasteiger partial charge >= 0.3 is 0 Å². The molecule has 0 aromatic carbocycles. The zero-order chi connectivity index (χ0) is 8.10. The first kappa shape index (κ1) is 8.75. The van der Waals surface area contributed by atoms with Crippen LogP contribution in [-0.2, 0) is 0 Å². The average Bonchev–Trinajstić information content (AvgIpc) is 2.47. The molecule has 1 atom stereocenters. The van der Waals surface area contributed by atoms with Crippen LogP contribution in [0.4, 0.5) is 0 Å². The van der Waals surface area contributed by atoms with Crippen molar-refractivity contribution < 1.29 is 5.11 Å². The molecule has 1 aliphatic heterocycles. The van der Waals surface area contributed by atoms with E-state index in [1.165, 1.54) is 6.42 Å². The molecule has 0 radical (unpaired) electrons. The summed E-state index contributed by atoms with van der Waals surface area (Å²) in [6.07, 6.45) is 5.37. The summed E-state index contributed by atoms with van der Waals surface area (Å²) in [5.74, 6) is 0. The van der Waals surface area contributed by atoms with Gasteiger partial charge in [-0.3, -0.25) is 4.90 Å². The van der Waals surface area contributed by atoms with Gasteiger partial charge < -0.3 is 5.11 Å². The molecular formula is C9H17NO. The second-order valence-corrected chi connectivity index (χ2v) is 3.09. The van der Waals surface area contributed by atoms with E-state index >= 15 is 0 Å². The molecule has 1 rings (SSSR count). The molecule has 0 aromatic heterocycles. The number of hydrogen-bond acceptors (Lipinski definition) is 2. The molecule has 0 unspecified atom stereocenters. The molecule has 0 spiro atoms. The van der Waals surface area contributed by atoms with Crippen LogP contribution in [0.5, 0.6) is 0 Å². The van der Waals surface area contributed by atoms with Crippen LogP contribution in [0.15, 0.2) is 12.7 Å². The summed E-state index contributed by atoms with van der Waals surface area (Å²) in [6.45, 7) is 6.22. The molecule has 0 bridgehead atoms. The van der Waals surface area contributed by atoms with Crippen molar-refractivity contribution >= 4 is 0 Å². The summed E-state index contributed by atoms with van der Waals surface area (Å²) < 4.78 is 0. The van der Waals surface area contributed by atoms with E-state index in [9.17, 15) is 0 Å². The lowest BCUT2D eigenvalue weighted by molar-refractivity contribution is 0.161. The highest BCUT2D eigenvalue weighted by Crippen LogP contribution is 2.16. The first-order valence-electron chi connectivity index (χ1n) is 4.34. The largest absolute Gasteiger partial charge is 0.395 e. The summed E-state index contributed by atoms with van der Waals surface area (Å²) in [5.41, 5.74) is 0. The molecule has 0 saturated carbocycles. The number of aliphatic hydroxyl groups is 1. The second-order valence-electron chi connectivity index (χ2n) is 3.09. The lowest BCUT2D eigenvalue weighted by Crippen LogP contribution is -2.32. The topological polar surface area (TPSA) is 23.5 Å². The Bertz CT molecular complexity index is 125. The number of likely N-dealkylation sites (tertiary alicyclic amines) is 1. The number of rotatable bonds is 4. The van der Waals surface area contributed by atoms with E-state index in [2.05, 4.69) is 11.5 Å². The van der Waals surface area contributed by atoms with Crippen LogP contribution in [0.25, 0.3) is 0 Å². The maximum absolute atomic E-state index is 8.97. The Balaban J connectivity index is 2.25. The maximum Gasteiger partial charge on any atom is 0.0586 e. The van der Waals surface area contributed by atoms with Gasteiger partial charge in [0, 0.05) is 12.6 Å². The van der Waals surface area contributed by atoms with Crippen molar-refractivity contribution in [3.8, 4) is 0 Å². The van der Waals surface area contributed by atoms with E-state index in [1.54, 1.807) is 0 Å². The fourth-order valence-electron chi connectivity index (χ4n) is 1.65. The van der Waals surface area contributed by atoms with E-state index in [-0.39, 0.29) is 0 Å². The zero-order valence-electron chi connectivity index (χ0n) is 7.00. The molecule has 1 fully saturated rings. The Morgan fingerprint density at radius 1 is 1.64 bits per heavy atom.